The van der Waals surface area contributed by atoms with Gasteiger partial charge in [-0.15, -0.1) is 0 Å². The summed E-state index contributed by atoms with van der Waals surface area (Å²) in [5, 5.41) is 6.60. The van der Waals surface area contributed by atoms with E-state index in [9.17, 15) is 0 Å². The van der Waals surface area contributed by atoms with E-state index >= 15 is 0 Å². The molecule has 0 amide bonds. The maximum atomic E-state index is 4.00. The van der Waals surface area contributed by atoms with Crippen LogP contribution in [0.5, 0.6) is 0 Å². The van der Waals surface area contributed by atoms with Crippen molar-refractivity contribution >= 4 is 51.4 Å². The van der Waals surface area contributed by atoms with Crippen LogP contribution < -0.4 is 16.2 Å². The van der Waals surface area contributed by atoms with Crippen molar-refractivity contribution in [2.24, 2.45) is 0 Å². The molecule has 1 aromatic heterocycles. The molecule has 1 radical (unpaired) electrons. The van der Waals surface area contributed by atoms with Crippen molar-refractivity contribution in [2.75, 3.05) is 5.32 Å². The van der Waals surface area contributed by atoms with Crippen LogP contribution in [0.1, 0.15) is 101 Å². The van der Waals surface area contributed by atoms with E-state index in [1.807, 2.05) is 0 Å². The average Bonchev–Trinajstić information content (AvgIpc) is 3.89. The van der Waals surface area contributed by atoms with Crippen molar-refractivity contribution in [1.82, 2.24) is 4.57 Å². The molecule has 0 spiro atoms. The topological polar surface area (TPSA) is 17.0 Å². The number of hydrogen-bond acceptors (Lipinski definition) is 1. The predicted octanol–water partition coefficient (Wildman–Crippen LogP) is 14.4. The van der Waals surface area contributed by atoms with E-state index in [0.717, 1.165) is 11.4 Å². The molecule has 309 valence electrons. The number of anilines is 2. The summed E-state index contributed by atoms with van der Waals surface area (Å²) in [6.45, 7) is 21.2. The Bertz CT molecular complexity index is 3550. The largest absolute Gasteiger partial charge is 0.355 e. The van der Waals surface area contributed by atoms with Crippen LogP contribution in [0.4, 0.5) is 11.4 Å². The van der Waals surface area contributed by atoms with Crippen LogP contribution in [0.2, 0.25) is 0 Å². The van der Waals surface area contributed by atoms with Crippen LogP contribution in [-0.4, -0.2) is 11.8 Å². The summed E-state index contributed by atoms with van der Waals surface area (Å²) in [6, 6.07) is 56.1. The number of nitrogens with one attached hydrogen (secondary N) is 1. The number of aromatic nitrogens is 1. The molecule has 8 aromatic carbocycles. The molecule has 0 fully saturated rings. The van der Waals surface area contributed by atoms with Crippen LogP contribution in [-0.2, 0) is 21.7 Å². The lowest BCUT2D eigenvalue weighted by molar-refractivity contribution is 0.590. The second kappa shape index (κ2) is 12.4. The van der Waals surface area contributed by atoms with Crippen molar-refractivity contribution in [3.05, 3.63) is 185 Å². The molecule has 0 bridgehead atoms. The fourth-order valence-corrected chi connectivity index (χ4v) is 12.5. The van der Waals surface area contributed by atoms with Crippen molar-refractivity contribution in [3.63, 3.8) is 0 Å². The predicted molar refractivity (Wildman–Crippen MR) is 272 cm³/mol. The van der Waals surface area contributed by atoms with Crippen molar-refractivity contribution in [3.8, 4) is 50.2 Å². The minimum atomic E-state index is -0.135. The quantitative estimate of drug-likeness (QED) is 0.176. The highest BCUT2D eigenvalue weighted by molar-refractivity contribution is 6.73. The minimum absolute atomic E-state index is 0.0763. The first kappa shape index (κ1) is 37.9. The molecule has 0 unspecified atom stereocenters. The Morgan fingerprint density at radius 3 is 1.58 bits per heavy atom. The van der Waals surface area contributed by atoms with Crippen LogP contribution >= 0.6 is 0 Å². The zero-order valence-electron chi connectivity index (χ0n) is 38.4. The second-order valence-corrected chi connectivity index (χ2v) is 21.7. The van der Waals surface area contributed by atoms with Gasteiger partial charge in [-0.2, -0.15) is 0 Å². The Kier molecular flexibility index (Phi) is 7.33. The smallest absolute Gasteiger partial charge is 0.197 e. The normalized spacial score (nSPS) is 16.1. The van der Waals surface area contributed by atoms with E-state index in [-0.39, 0.29) is 21.7 Å². The lowest BCUT2D eigenvalue weighted by Crippen LogP contribution is -2.38. The molecule has 3 heteroatoms. The SMILES string of the molecule is CC(C)(C)c1ccc(Nc2cc3c(cc2-c2ccc4c5cc6c(cc5n5c4c2[B]c2cc4c(cc2-5)C(C)(C)c2ccccc2-4)C(C)(C)c2ccccc2-6)-c2ccccc2C3(C)C)cc1. The van der Waals surface area contributed by atoms with Gasteiger partial charge >= 0.3 is 0 Å². The number of hydrogen-bond donors (Lipinski definition) is 1. The van der Waals surface area contributed by atoms with Gasteiger partial charge in [0.25, 0.3) is 0 Å². The van der Waals surface area contributed by atoms with E-state index in [1.54, 1.807) is 0 Å². The monoisotopic (exact) mass is 823 g/mol. The van der Waals surface area contributed by atoms with Gasteiger partial charge in [-0.3, -0.25) is 0 Å². The van der Waals surface area contributed by atoms with E-state index in [1.165, 1.54) is 122 Å². The number of benzene rings is 8. The summed E-state index contributed by atoms with van der Waals surface area (Å²) < 4.78 is 2.64. The van der Waals surface area contributed by atoms with E-state index in [4.69, 9.17) is 0 Å². The van der Waals surface area contributed by atoms with Gasteiger partial charge in [0, 0.05) is 55.2 Å². The van der Waals surface area contributed by atoms with Crippen LogP contribution in [0.3, 0.4) is 0 Å². The molecule has 0 atom stereocenters. The molecule has 2 heterocycles. The van der Waals surface area contributed by atoms with Gasteiger partial charge in [0.15, 0.2) is 7.28 Å². The van der Waals surface area contributed by atoms with Crippen molar-refractivity contribution < 1.29 is 0 Å². The molecule has 64 heavy (non-hydrogen) atoms. The summed E-state index contributed by atoms with van der Waals surface area (Å²) in [5.41, 5.74) is 28.5. The van der Waals surface area contributed by atoms with E-state index in [0.29, 0.717) is 0 Å². The van der Waals surface area contributed by atoms with Gasteiger partial charge < -0.3 is 9.88 Å². The van der Waals surface area contributed by atoms with Crippen LogP contribution in [0.15, 0.2) is 146 Å². The highest BCUT2D eigenvalue weighted by Crippen LogP contribution is 2.55. The first-order valence-corrected chi connectivity index (χ1v) is 23.2. The molecular weight excluding hydrogens is 771 g/mol. The van der Waals surface area contributed by atoms with Crippen molar-refractivity contribution in [2.45, 2.75) is 84.0 Å². The first-order chi connectivity index (χ1) is 30.6. The third-order valence-electron chi connectivity index (χ3n) is 16.0. The lowest BCUT2D eigenvalue weighted by atomic mass is 9.58. The van der Waals surface area contributed by atoms with Gasteiger partial charge in [-0.1, -0.05) is 171 Å². The Hall–Kier alpha value is -6.58. The zero-order valence-corrected chi connectivity index (χ0v) is 38.4. The lowest BCUT2D eigenvalue weighted by Gasteiger charge is -2.28. The Morgan fingerprint density at radius 2 is 0.984 bits per heavy atom. The second-order valence-electron chi connectivity index (χ2n) is 21.7. The Labute approximate surface area is 378 Å². The summed E-state index contributed by atoms with van der Waals surface area (Å²) in [5.74, 6) is 0. The summed E-state index contributed by atoms with van der Waals surface area (Å²) in [4.78, 5) is 0. The van der Waals surface area contributed by atoms with Gasteiger partial charge in [0.1, 0.15) is 0 Å². The number of nitrogens with zero attached hydrogens (tertiary/aromatic N) is 1. The van der Waals surface area contributed by atoms with Gasteiger partial charge in [0.2, 0.25) is 0 Å². The van der Waals surface area contributed by atoms with Crippen LogP contribution in [0, 0.1) is 0 Å². The molecular formula is C61H52BN2. The molecule has 1 aliphatic heterocycles. The number of rotatable bonds is 3. The number of fused-ring (bicyclic) bond motifs is 14. The maximum absolute atomic E-state index is 4.00. The standard InChI is InChI=1S/C61H52BN2/c1-58(2,3)34-22-24-35(25-23-34)63-53-31-49-41(36-16-10-13-19-46(36)59(49,4)5)28-44(53)39-26-27-40-45-29-42-37-17-11-14-20-47(37)60(6,7)50(42)32-54(45)64-55-33-51-43(30-52(55)62-56(39)57(40)64)38-18-12-15-21-48(38)61(51,8)9/h10-33,63H,1-9H3. The third-order valence-corrected chi connectivity index (χ3v) is 16.0. The molecule has 3 aliphatic carbocycles. The maximum Gasteiger partial charge on any atom is 0.197 e. The molecule has 13 rings (SSSR count). The van der Waals surface area contributed by atoms with E-state index < -0.39 is 0 Å². The molecule has 2 nitrogen and oxygen atoms in total. The van der Waals surface area contributed by atoms with Gasteiger partial charge in [-0.25, -0.2) is 0 Å². The third kappa shape index (κ3) is 4.88. The molecule has 1 N–H and O–H groups in total. The molecule has 0 saturated carbocycles. The van der Waals surface area contributed by atoms with E-state index in [2.05, 4.69) is 225 Å². The zero-order chi connectivity index (χ0) is 43.8. The highest BCUT2D eigenvalue weighted by Gasteiger charge is 2.41. The fourth-order valence-electron chi connectivity index (χ4n) is 12.5. The fraction of sp³-hybridized carbons (Fsp3) is 0.213. The summed E-state index contributed by atoms with van der Waals surface area (Å²) >= 11 is 0. The van der Waals surface area contributed by atoms with Gasteiger partial charge in [-0.05, 0) is 131 Å². The van der Waals surface area contributed by atoms with Crippen LogP contribution in [0.25, 0.3) is 72.0 Å². The highest BCUT2D eigenvalue weighted by atomic mass is 15.0. The Balaban J connectivity index is 1.11. The molecule has 0 saturated heterocycles. The minimum Gasteiger partial charge on any atom is -0.355 e. The summed E-state index contributed by atoms with van der Waals surface area (Å²) in [7, 11) is 2.51. The Morgan fingerprint density at radius 1 is 0.453 bits per heavy atom. The van der Waals surface area contributed by atoms with Crippen molar-refractivity contribution in [1.29, 1.82) is 0 Å². The van der Waals surface area contributed by atoms with Gasteiger partial charge in [0.05, 0.1) is 5.52 Å². The first-order valence-electron chi connectivity index (χ1n) is 23.2. The summed E-state index contributed by atoms with van der Waals surface area (Å²) in [6.07, 6.45) is 0. The molecule has 4 aliphatic rings. The average molecular weight is 824 g/mol. The molecule has 9 aromatic rings.